The second-order valence-electron chi connectivity index (χ2n) is 17.6. The van der Waals surface area contributed by atoms with Gasteiger partial charge < -0.3 is 14.4 Å². The average Bonchev–Trinajstić information content (AvgIpc) is 3.77. The van der Waals surface area contributed by atoms with Crippen LogP contribution in [0.4, 0.5) is 16.2 Å². The number of hydrogen-bond acceptors (Lipinski definition) is 6. The average molecular weight is 830 g/mol. The van der Waals surface area contributed by atoms with Gasteiger partial charge in [0.15, 0.2) is 5.71 Å². The molecule has 3 aliphatic rings. The minimum Gasteiger partial charge on any atom is -0.431 e. The molecule has 60 heavy (non-hydrogen) atoms. The van der Waals surface area contributed by atoms with E-state index >= 15 is 0 Å². The van der Waals surface area contributed by atoms with Crippen LogP contribution in [0, 0.1) is 0 Å². The second kappa shape index (κ2) is 17.5. The molecule has 0 amide bonds. The third-order valence-electron chi connectivity index (χ3n) is 12.7. The third kappa shape index (κ3) is 8.62. The van der Waals surface area contributed by atoms with Gasteiger partial charge in [-0.05, 0) is 122 Å². The molecular formula is C51H61N2O6S+. The fourth-order valence-electron chi connectivity index (χ4n) is 9.49. The number of rotatable bonds is 15. The SMILES string of the molecule is CCCCC[N+]1=C(/C=C/C2=C(OC(=O)OC(C)CC)C(=C/C=C3/N(CCCCS(=O)(=O)O)c4ccc5ccccc5c4C3(C)C)/CC2)C(C)(C)c2c1ccc1ccccc21. The Kier molecular flexibility index (Phi) is 12.6. The molecule has 0 saturated carbocycles. The highest BCUT2D eigenvalue weighted by molar-refractivity contribution is 7.85. The smallest absolute Gasteiger partial charge is 0.431 e. The van der Waals surface area contributed by atoms with E-state index in [0.717, 1.165) is 53.7 Å². The van der Waals surface area contributed by atoms with Gasteiger partial charge in [-0.15, -0.1) is 0 Å². The van der Waals surface area contributed by atoms with Crippen LogP contribution in [0.2, 0.25) is 0 Å². The summed E-state index contributed by atoms with van der Waals surface area (Å²) in [6, 6.07) is 25.9. The molecule has 4 aromatic rings. The lowest BCUT2D eigenvalue weighted by Crippen LogP contribution is -2.28. The molecule has 316 valence electrons. The van der Waals surface area contributed by atoms with E-state index in [1.165, 1.54) is 38.7 Å². The number of fused-ring (bicyclic) bond motifs is 6. The summed E-state index contributed by atoms with van der Waals surface area (Å²) in [5.74, 6) is 0.258. The van der Waals surface area contributed by atoms with Gasteiger partial charge >= 0.3 is 6.16 Å². The first-order valence-electron chi connectivity index (χ1n) is 21.8. The van der Waals surface area contributed by atoms with Crippen molar-refractivity contribution < 1.29 is 31.8 Å². The third-order valence-corrected chi connectivity index (χ3v) is 13.5. The summed E-state index contributed by atoms with van der Waals surface area (Å²) in [6.07, 6.45) is 14.0. The number of allylic oxidation sites excluding steroid dienone is 7. The lowest BCUT2D eigenvalue weighted by Gasteiger charge is -2.27. The van der Waals surface area contributed by atoms with E-state index in [0.29, 0.717) is 44.4 Å². The predicted octanol–water partition coefficient (Wildman–Crippen LogP) is 12.4. The molecule has 1 atom stereocenters. The van der Waals surface area contributed by atoms with E-state index in [9.17, 15) is 17.8 Å². The van der Waals surface area contributed by atoms with Crippen LogP contribution in [0.5, 0.6) is 0 Å². The first-order chi connectivity index (χ1) is 28.7. The molecule has 2 aliphatic heterocycles. The van der Waals surface area contributed by atoms with Crippen molar-refractivity contribution in [3.63, 3.8) is 0 Å². The molecule has 0 bridgehead atoms. The molecule has 0 radical (unpaired) electrons. The fraction of sp³-hybridized carbons (Fsp3) is 0.412. The van der Waals surface area contributed by atoms with Crippen LogP contribution in [0.15, 0.2) is 120 Å². The number of anilines is 1. The summed E-state index contributed by atoms with van der Waals surface area (Å²) >= 11 is 0. The molecule has 0 aromatic heterocycles. The quantitative estimate of drug-likeness (QED) is 0.0552. The lowest BCUT2D eigenvalue weighted by molar-refractivity contribution is -0.438. The van der Waals surface area contributed by atoms with E-state index in [2.05, 4.69) is 135 Å². The van der Waals surface area contributed by atoms with Crippen molar-refractivity contribution in [1.82, 2.24) is 0 Å². The molecule has 1 unspecified atom stereocenters. The number of hydrogen-bond donors (Lipinski definition) is 1. The van der Waals surface area contributed by atoms with E-state index in [-0.39, 0.29) is 17.3 Å². The zero-order chi connectivity index (χ0) is 42.8. The van der Waals surface area contributed by atoms with Crippen molar-refractivity contribution >= 4 is 54.9 Å². The summed E-state index contributed by atoms with van der Waals surface area (Å²) < 4.78 is 47.0. The van der Waals surface area contributed by atoms with E-state index in [1.54, 1.807) is 0 Å². The highest BCUT2D eigenvalue weighted by Crippen LogP contribution is 2.51. The molecule has 1 aliphatic carbocycles. The monoisotopic (exact) mass is 829 g/mol. The van der Waals surface area contributed by atoms with Crippen molar-refractivity contribution in [3.05, 3.63) is 131 Å². The summed E-state index contributed by atoms with van der Waals surface area (Å²) in [7, 11) is -4.06. The first kappa shape index (κ1) is 43.1. The van der Waals surface area contributed by atoms with E-state index < -0.39 is 21.7 Å². The normalized spacial score (nSPS) is 19.0. The Hall–Kier alpha value is -4.99. The van der Waals surface area contributed by atoms with Gasteiger partial charge in [-0.2, -0.15) is 13.0 Å². The van der Waals surface area contributed by atoms with E-state index in [4.69, 9.17) is 9.47 Å². The minimum absolute atomic E-state index is 0.268. The van der Waals surface area contributed by atoms with Gasteiger partial charge in [-0.3, -0.25) is 4.55 Å². The predicted molar refractivity (Wildman–Crippen MR) is 245 cm³/mol. The van der Waals surface area contributed by atoms with Crippen LogP contribution < -0.4 is 4.90 Å². The fourth-order valence-corrected chi connectivity index (χ4v) is 10.1. The number of carbonyl (C=O) groups is 1. The second-order valence-corrected chi connectivity index (χ2v) is 19.2. The number of carbonyl (C=O) groups excluding carboxylic acids is 1. The Balaban J connectivity index is 1.30. The maximum absolute atomic E-state index is 13.4. The topological polar surface area (TPSA) is 96.2 Å². The van der Waals surface area contributed by atoms with Gasteiger partial charge in [0.25, 0.3) is 10.1 Å². The van der Waals surface area contributed by atoms with Gasteiger partial charge in [-0.25, -0.2) is 4.79 Å². The van der Waals surface area contributed by atoms with Crippen molar-refractivity contribution in [2.45, 2.75) is 117 Å². The zero-order valence-corrected chi connectivity index (χ0v) is 37.2. The molecule has 8 nitrogen and oxygen atoms in total. The zero-order valence-electron chi connectivity index (χ0n) is 36.4. The summed E-state index contributed by atoms with van der Waals surface area (Å²) in [6.45, 7) is 16.7. The van der Waals surface area contributed by atoms with Crippen LogP contribution in [0.3, 0.4) is 0 Å². The molecule has 9 heteroatoms. The van der Waals surface area contributed by atoms with Crippen molar-refractivity contribution in [2.24, 2.45) is 0 Å². The standard InChI is InChI=1S/C51H60N2O6S/c1-8-10-15-32-52-42-28-24-36-18-11-13-20-40(36)46(42)50(4,5)44(52)30-26-38-22-23-39(48(38)59-49(54)58-35(3)9-2)27-31-45-51(6,7)47-41-21-14-12-19-37(41)25-29-43(47)53(45)33-16-17-34-60(55,56)57/h11-14,18-21,24-31,35H,8-10,15-17,22-23,32-34H2,1-7H3/p+1. The molecule has 2 heterocycles. The van der Waals surface area contributed by atoms with Crippen LogP contribution >= 0.6 is 0 Å². The molecule has 4 aromatic carbocycles. The van der Waals surface area contributed by atoms with Gasteiger partial charge in [0.05, 0.1) is 11.2 Å². The number of benzene rings is 4. The largest absolute Gasteiger partial charge is 0.514 e. The Morgan fingerprint density at radius 3 is 2.20 bits per heavy atom. The Morgan fingerprint density at radius 2 is 1.52 bits per heavy atom. The first-order valence-corrected chi connectivity index (χ1v) is 23.4. The van der Waals surface area contributed by atoms with Crippen molar-refractivity contribution in [2.75, 3.05) is 23.7 Å². The van der Waals surface area contributed by atoms with Crippen LogP contribution in [-0.4, -0.2) is 54.4 Å². The highest BCUT2D eigenvalue weighted by atomic mass is 32.2. The Morgan fingerprint density at radius 1 is 0.833 bits per heavy atom. The summed E-state index contributed by atoms with van der Waals surface area (Å²) in [4.78, 5) is 15.7. The summed E-state index contributed by atoms with van der Waals surface area (Å²) in [5.41, 5.74) is 8.38. The van der Waals surface area contributed by atoms with E-state index in [1.807, 2.05) is 19.9 Å². The van der Waals surface area contributed by atoms with Gasteiger partial charge in [-0.1, -0.05) is 94.8 Å². The minimum atomic E-state index is -4.06. The molecule has 7 rings (SSSR count). The van der Waals surface area contributed by atoms with Gasteiger partial charge in [0.1, 0.15) is 18.4 Å². The van der Waals surface area contributed by atoms with Crippen LogP contribution in [0.25, 0.3) is 21.5 Å². The van der Waals surface area contributed by atoms with Crippen molar-refractivity contribution in [1.29, 1.82) is 0 Å². The number of ether oxygens (including phenoxy) is 2. The Labute approximate surface area is 356 Å². The van der Waals surface area contributed by atoms with Gasteiger partial charge in [0, 0.05) is 47.5 Å². The number of nitrogens with zero attached hydrogens (tertiary/aromatic N) is 2. The number of unbranched alkanes of at least 4 members (excludes halogenated alkanes) is 3. The molecular weight excluding hydrogens is 769 g/mol. The Bertz CT molecular complexity index is 2570. The van der Waals surface area contributed by atoms with Gasteiger partial charge in [0.2, 0.25) is 5.69 Å². The highest BCUT2D eigenvalue weighted by Gasteiger charge is 2.46. The molecule has 0 saturated heterocycles. The maximum atomic E-state index is 13.4. The summed E-state index contributed by atoms with van der Waals surface area (Å²) in [5, 5.41) is 4.84. The maximum Gasteiger partial charge on any atom is 0.514 e. The van der Waals surface area contributed by atoms with Crippen molar-refractivity contribution in [3.8, 4) is 0 Å². The molecule has 0 fully saturated rings. The lowest BCUT2D eigenvalue weighted by atomic mass is 9.79. The molecule has 0 spiro atoms. The van der Waals surface area contributed by atoms with Crippen LogP contribution in [0.1, 0.15) is 111 Å². The van der Waals surface area contributed by atoms with Crippen LogP contribution in [-0.2, 0) is 30.4 Å². The molecule has 1 N–H and O–H groups in total.